The van der Waals surface area contributed by atoms with E-state index in [0.717, 1.165) is 29.9 Å². The molecule has 0 N–H and O–H groups in total. The zero-order valence-corrected chi connectivity index (χ0v) is 15.1. The summed E-state index contributed by atoms with van der Waals surface area (Å²) < 4.78 is 26.6. The summed E-state index contributed by atoms with van der Waals surface area (Å²) in [7, 11) is -3.09. The average molecular weight is 349 g/mol. The van der Waals surface area contributed by atoms with Crippen LogP contribution in [0.3, 0.4) is 0 Å². The van der Waals surface area contributed by atoms with E-state index in [2.05, 4.69) is 28.9 Å². The summed E-state index contributed by atoms with van der Waals surface area (Å²) in [5.74, 6) is 0.307. The number of aromatic nitrogens is 4. The lowest BCUT2D eigenvalue weighted by Gasteiger charge is -2.13. The molecule has 1 fully saturated rings. The molecule has 0 saturated carbocycles. The topological polar surface area (TPSA) is 81.0 Å². The molecule has 130 valence electrons. The number of sulfonamides is 1. The standard InChI is InChI=1S/C16H23N5O2S/c1-12(2)21-16(4-6-19-21)15-10-17-14(9-18-15)8-13-5-7-20(11-13)24(3,22)23/h4,6,9-10,12-13H,5,7-8,11H2,1-3H3. The van der Waals surface area contributed by atoms with E-state index in [9.17, 15) is 8.42 Å². The highest BCUT2D eigenvalue weighted by atomic mass is 32.2. The Kier molecular flexibility index (Phi) is 4.69. The fourth-order valence-corrected chi connectivity index (χ4v) is 4.00. The van der Waals surface area contributed by atoms with Gasteiger partial charge in [0.1, 0.15) is 5.69 Å². The first-order chi connectivity index (χ1) is 11.3. The third-order valence-corrected chi connectivity index (χ3v) is 5.61. The third-order valence-electron chi connectivity index (χ3n) is 4.34. The summed E-state index contributed by atoms with van der Waals surface area (Å²) in [5.41, 5.74) is 2.65. The Morgan fingerprint density at radius 3 is 2.67 bits per heavy atom. The third kappa shape index (κ3) is 3.64. The SMILES string of the molecule is CC(C)n1nccc1-c1cnc(CC2CCN(S(C)(=O)=O)C2)cn1. The van der Waals surface area contributed by atoms with Gasteiger partial charge in [0.25, 0.3) is 0 Å². The maximum absolute atomic E-state index is 11.6. The van der Waals surface area contributed by atoms with Crippen molar-refractivity contribution in [2.75, 3.05) is 19.3 Å². The van der Waals surface area contributed by atoms with Gasteiger partial charge >= 0.3 is 0 Å². The maximum Gasteiger partial charge on any atom is 0.211 e. The van der Waals surface area contributed by atoms with Crippen molar-refractivity contribution in [1.82, 2.24) is 24.1 Å². The van der Waals surface area contributed by atoms with Gasteiger partial charge in [0.05, 0.1) is 23.8 Å². The Labute approximate surface area is 142 Å². The van der Waals surface area contributed by atoms with Crippen LogP contribution in [0.1, 0.15) is 32.0 Å². The second-order valence-corrected chi connectivity index (χ2v) is 8.61. The second-order valence-electron chi connectivity index (χ2n) is 6.63. The molecule has 1 unspecified atom stereocenters. The molecule has 0 amide bonds. The Hall–Kier alpha value is -1.80. The van der Waals surface area contributed by atoms with Crippen LogP contribution in [0.4, 0.5) is 0 Å². The van der Waals surface area contributed by atoms with Crippen molar-refractivity contribution in [2.24, 2.45) is 5.92 Å². The van der Waals surface area contributed by atoms with E-state index < -0.39 is 10.0 Å². The van der Waals surface area contributed by atoms with E-state index in [1.54, 1.807) is 22.9 Å². The van der Waals surface area contributed by atoms with Gasteiger partial charge in [0, 0.05) is 31.5 Å². The van der Waals surface area contributed by atoms with E-state index in [-0.39, 0.29) is 6.04 Å². The highest BCUT2D eigenvalue weighted by Gasteiger charge is 2.28. The minimum atomic E-state index is -3.09. The van der Waals surface area contributed by atoms with Crippen LogP contribution in [0.5, 0.6) is 0 Å². The molecule has 3 heterocycles. The van der Waals surface area contributed by atoms with Crippen molar-refractivity contribution in [3.05, 3.63) is 30.4 Å². The second kappa shape index (κ2) is 6.60. The van der Waals surface area contributed by atoms with E-state index in [1.165, 1.54) is 6.26 Å². The molecule has 1 saturated heterocycles. The zero-order chi connectivity index (χ0) is 17.3. The van der Waals surface area contributed by atoms with Crippen molar-refractivity contribution in [3.63, 3.8) is 0 Å². The fourth-order valence-electron chi connectivity index (χ4n) is 3.08. The first-order valence-corrected chi connectivity index (χ1v) is 9.99. The summed E-state index contributed by atoms with van der Waals surface area (Å²) in [4.78, 5) is 9.03. The number of nitrogens with zero attached hydrogens (tertiary/aromatic N) is 5. The molecule has 1 atom stereocenters. The number of hydrogen-bond donors (Lipinski definition) is 0. The molecule has 0 aliphatic carbocycles. The summed E-state index contributed by atoms with van der Waals surface area (Å²) in [6, 6.07) is 2.20. The summed E-state index contributed by atoms with van der Waals surface area (Å²) in [6.07, 6.45) is 8.22. The number of hydrogen-bond acceptors (Lipinski definition) is 5. The molecule has 1 aliphatic rings. The lowest BCUT2D eigenvalue weighted by Crippen LogP contribution is -2.27. The lowest BCUT2D eigenvalue weighted by atomic mass is 10.0. The van der Waals surface area contributed by atoms with Gasteiger partial charge in [-0.15, -0.1) is 0 Å². The van der Waals surface area contributed by atoms with E-state index in [4.69, 9.17) is 0 Å². The predicted molar refractivity (Wildman–Crippen MR) is 91.9 cm³/mol. The van der Waals surface area contributed by atoms with Gasteiger partial charge in [0.2, 0.25) is 10.0 Å². The first-order valence-electron chi connectivity index (χ1n) is 8.14. The highest BCUT2D eigenvalue weighted by molar-refractivity contribution is 7.88. The quantitative estimate of drug-likeness (QED) is 0.821. The number of rotatable bonds is 5. The van der Waals surface area contributed by atoms with Crippen LogP contribution in [0.25, 0.3) is 11.4 Å². The Morgan fingerprint density at radius 2 is 2.08 bits per heavy atom. The summed E-state index contributed by atoms with van der Waals surface area (Å²) in [6.45, 7) is 5.32. The van der Waals surface area contributed by atoms with Gasteiger partial charge in [-0.25, -0.2) is 12.7 Å². The Balaban J connectivity index is 1.69. The van der Waals surface area contributed by atoms with Crippen molar-refractivity contribution >= 4 is 10.0 Å². The zero-order valence-electron chi connectivity index (χ0n) is 14.3. The Bertz CT molecular complexity index is 798. The molecule has 24 heavy (non-hydrogen) atoms. The molecule has 3 rings (SSSR count). The summed E-state index contributed by atoms with van der Waals surface area (Å²) >= 11 is 0. The molecule has 0 radical (unpaired) electrons. The molecule has 2 aromatic rings. The van der Waals surface area contributed by atoms with E-state index in [1.807, 2.05) is 10.7 Å². The van der Waals surface area contributed by atoms with Crippen LogP contribution in [-0.4, -0.2) is 51.8 Å². The molecule has 0 aromatic carbocycles. The van der Waals surface area contributed by atoms with Crippen LogP contribution in [0, 0.1) is 5.92 Å². The minimum absolute atomic E-state index is 0.261. The molecular formula is C16H23N5O2S. The van der Waals surface area contributed by atoms with Crippen LogP contribution in [0.15, 0.2) is 24.7 Å². The Morgan fingerprint density at radius 1 is 1.29 bits per heavy atom. The minimum Gasteiger partial charge on any atom is -0.261 e. The van der Waals surface area contributed by atoms with Gasteiger partial charge < -0.3 is 0 Å². The molecule has 1 aliphatic heterocycles. The normalized spacial score (nSPS) is 19.2. The van der Waals surface area contributed by atoms with Crippen LogP contribution >= 0.6 is 0 Å². The van der Waals surface area contributed by atoms with Crippen LogP contribution < -0.4 is 0 Å². The molecule has 7 nitrogen and oxygen atoms in total. The van der Waals surface area contributed by atoms with E-state index >= 15 is 0 Å². The van der Waals surface area contributed by atoms with Gasteiger partial charge in [-0.3, -0.25) is 14.6 Å². The molecular weight excluding hydrogens is 326 g/mol. The predicted octanol–water partition coefficient (Wildman–Crippen LogP) is 1.75. The van der Waals surface area contributed by atoms with Crippen molar-refractivity contribution in [1.29, 1.82) is 0 Å². The molecule has 0 bridgehead atoms. The van der Waals surface area contributed by atoms with Crippen LogP contribution in [0.2, 0.25) is 0 Å². The van der Waals surface area contributed by atoms with Gasteiger partial charge in [-0.05, 0) is 38.7 Å². The van der Waals surface area contributed by atoms with E-state index in [0.29, 0.717) is 19.0 Å². The van der Waals surface area contributed by atoms with Gasteiger partial charge in [-0.1, -0.05) is 0 Å². The van der Waals surface area contributed by atoms with Crippen molar-refractivity contribution < 1.29 is 8.42 Å². The van der Waals surface area contributed by atoms with Crippen LogP contribution in [-0.2, 0) is 16.4 Å². The maximum atomic E-state index is 11.6. The average Bonchev–Trinajstić information content (AvgIpc) is 3.16. The lowest BCUT2D eigenvalue weighted by molar-refractivity contribution is 0.459. The van der Waals surface area contributed by atoms with Crippen molar-refractivity contribution in [3.8, 4) is 11.4 Å². The molecule has 2 aromatic heterocycles. The largest absolute Gasteiger partial charge is 0.261 e. The smallest absolute Gasteiger partial charge is 0.211 e. The monoisotopic (exact) mass is 349 g/mol. The fraction of sp³-hybridized carbons (Fsp3) is 0.562. The highest BCUT2D eigenvalue weighted by Crippen LogP contribution is 2.23. The molecule has 0 spiro atoms. The summed E-state index contributed by atoms with van der Waals surface area (Å²) in [5, 5.41) is 4.32. The molecule has 8 heteroatoms. The first kappa shape index (κ1) is 17.0. The van der Waals surface area contributed by atoms with Gasteiger partial charge in [0.15, 0.2) is 0 Å². The van der Waals surface area contributed by atoms with Crippen molar-refractivity contribution in [2.45, 2.75) is 32.7 Å². The van der Waals surface area contributed by atoms with Gasteiger partial charge in [-0.2, -0.15) is 5.10 Å².